The van der Waals surface area contributed by atoms with Crippen molar-refractivity contribution >= 4 is 62.7 Å². The number of rotatable bonds is 5. The molecule has 2 aliphatic heterocycles. The summed E-state index contributed by atoms with van der Waals surface area (Å²) in [4.78, 5) is 5.09. The zero-order valence-corrected chi connectivity index (χ0v) is 40.8. The SMILES string of the molecule is C=C/C(=C\C=C(/C)C(C)(C)C)N1c2cc(C)cc3c2B(c2cc4c(cc2N3c2cccc(-c3ccccc3)c2)C(C)(C)CCC4(C)C)c2oc3cc4c(cc3c21)C(C)(C)CCC4(C)C. The Kier molecular flexibility index (Phi) is 9.46. The van der Waals surface area contributed by atoms with Crippen molar-refractivity contribution in [2.75, 3.05) is 9.80 Å². The van der Waals surface area contributed by atoms with Crippen LogP contribution in [-0.2, 0) is 21.7 Å². The lowest BCUT2D eigenvalue weighted by Crippen LogP contribution is -2.61. The van der Waals surface area contributed by atoms with Crippen molar-refractivity contribution < 1.29 is 4.42 Å². The lowest BCUT2D eigenvalue weighted by atomic mass is 9.35. The molecule has 64 heavy (non-hydrogen) atoms. The lowest BCUT2D eigenvalue weighted by Gasteiger charge is -2.46. The third-order valence-electron chi connectivity index (χ3n) is 16.1. The van der Waals surface area contributed by atoms with E-state index < -0.39 is 0 Å². The zero-order valence-electron chi connectivity index (χ0n) is 40.8. The fraction of sp³-hybridized carbons (Fsp3) is 0.367. The van der Waals surface area contributed by atoms with E-state index in [1.165, 1.54) is 77.9 Å². The molecule has 0 fully saturated rings. The van der Waals surface area contributed by atoms with Crippen LogP contribution in [0.4, 0.5) is 28.4 Å². The molecule has 0 saturated carbocycles. The van der Waals surface area contributed by atoms with Gasteiger partial charge in [-0.05, 0) is 171 Å². The Balaban J connectivity index is 1.34. The summed E-state index contributed by atoms with van der Waals surface area (Å²) < 4.78 is 7.58. The van der Waals surface area contributed by atoms with Gasteiger partial charge in [0.25, 0.3) is 6.71 Å². The van der Waals surface area contributed by atoms with Crippen molar-refractivity contribution in [2.45, 2.75) is 137 Å². The molecule has 0 radical (unpaired) electrons. The van der Waals surface area contributed by atoms with Gasteiger partial charge < -0.3 is 14.2 Å². The Labute approximate surface area is 384 Å². The summed E-state index contributed by atoms with van der Waals surface area (Å²) >= 11 is 0. The van der Waals surface area contributed by atoms with Crippen LogP contribution in [0.5, 0.6) is 0 Å². The van der Waals surface area contributed by atoms with Crippen LogP contribution in [0.3, 0.4) is 0 Å². The quantitative estimate of drug-likeness (QED) is 0.127. The second-order valence-corrected chi connectivity index (χ2v) is 23.3. The summed E-state index contributed by atoms with van der Waals surface area (Å²) in [5, 5.41) is 1.18. The summed E-state index contributed by atoms with van der Waals surface area (Å²) in [7, 11) is 0. The minimum absolute atomic E-state index is 0.0257. The van der Waals surface area contributed by atoms with Gasteiger partial charge in [-0.15, -0.1) is 0 Å². The number of allylic oxidation sites excluding steroid dienone is 4. The number of hydrogen-bond acceptors (Lipinski definition) is 3. The molecule has 0 saturated heterocycles. The number of hydrogen-bond donors (Lipinski definition) is 0. The van der Waals surface area contributed by atoms with E-state index in [4.69, 9.17) is 4.42 Å². The predicted molar refractivity (Wildman–Crippen MR) is 276 cm³/mol. The first-order valence-corrected chi connectivity index (χ1v) is 23.8. The normalized spacial score (nSPS) is 19.1. The third kappa shape index (κ3) is 6.52. The Bertz CT molecular complexity index is 2980. The maximum absolute atomic E-state index is 7.58. The molecule has 326 valence electrons. The topological polar surface area (TPSA) is 19.6 Å². The van der Waals surface area contributed by atoms with Gasteiger partial charge in [-0.25, -0.2) is 0 Å². The van der Waals surface area contributed by atoms with Crippen molar-refractivity contribution in [3.63, 3.8) is 0 Å². The number of benzene rings is 5. The van der Waals surface area contributed by atoms with E-state index in [9.17, 15) is 0 Å². The fourth-order valence-electron chi connectivity index (χ4n) is 11.4. The number of nitrogens with zero attached hydrogens (tertiary/aromatic N) is 2. The van der Waals surface area contributed by atoms with Gasteiger partial charge in [0.2, 0.25) is 0 Å². The molecule has 5 aromatic carbocycles. The zero-order chi connectivity index (χ0) is 45.5. The van der Waals surface area contributed by atoms with Crippen LogP contribution in [0.1, 0.15) is 137 Å². The Morgan fingerprint density at radius 3 is 1.86 bits per heavy atom. The molecule has 6 aromatic rings. The highest BCUT2D eigenvalue weighted by Gasteiger charge is 2.49. The molecular formula is C60H67BN2O. The molecule has 0 bridgehead atoms. The van der Waals surface area contributed by atoms with E-state index in [1.807, 2.05) is 0 Å². The van der Waals surface area contributed by atoms with Crippen LogP contribution in [0.2, 0.25) is 0 Å². The smallest absolute Gasteiger partial charge is 0.297 e. The van der Waals surface area contributed by atoms with Gasteiger partial charge in [0.05, 0.1) is 11.3 Å². The first-order valence-electron chi connectivity index (χ1n) is 23.8. The van der Waals surface area contributed by atoms with Crippen LogP contribution in [0.25, 0.3) is 22.1 Å². The van der Waals surface area contributed by atoms with Crippen molar-refractivity contribution in [3.05, 3.63) is 155 Å². The highest BCUT2D eigenvalue weighted by atomic mass is 16.3. The maximum Gasteiger partial charge on any atom is 0.297 e. The van der Waals surface area contributed by atoms with Gasteiger partial charge in [0.15, 0.2) is 0 Å². The van der Waals surface area contributed by atoms with Gasteiger partial charge in [-0.3, -0.25) is 0 Å². The van der Waals surface area contributed by atoms with E-state index in [1.54, 1.807) is 0 Å². The summed E-state index contributed by atoms with van der Waals surface area (Å²) in [5.41, 5.74) is 22.4. The highest BCUT2D eigenvalue weighted by molar-refractivity contribution is 7.00. The van der Waals surface area contributed by atoms with Gasteiger partial charge >= 0.3 is 0 Å². The van der Waals surface area contributed by atoms with Crippen molar-refractivity contribution in [1.82, 2.24) is 0 Å². The molecule has 0 N–H and O–H groups in total. The van der Waals surface area contributed by atoms with Crippen LogP contribution >= 0.6 is 0 Å². The van der Waals surface area contributed by atoms with Gasteiger partial charge in [-0.1, -0.05) is 143 Å². The molecule has 3 heterocycles. The van der Waals surface area contributed by atoms with Crippen molar-refractivity contribution in [3.8, 4) is 11.1 Å². The first-order chi connectivity index (χ1) is 30.1. The maximum atomic E-state index is 7.58. The predicted octanol–water partition coefficient (Wildman–Crippen LogP) is 14.9. The molecule has 3 nitrogen and oxygen atoms in total. The molecule has 0 amide bonds. The van der Waals surface area contributed by atoms with Crippen molar-refractivity contribution in [1.29, 1.82) is 0 Å². The van der Waals surface area contributed by atoms with E-state index in [0.29, 0.717) is 0 Å². The van der Waals surface area contributed by atoms with E-state index in [2.05, 4.69) is 216 Å². The summed E-state index contributed by atoms with van der Waals surface area (Å²) in [5.74, 6) is 0. The van der Waals surface area contributed by atoms with Crippen LogP contribution in [0.15, 0.2) is 131 Å². The summed E-state index contributed by atoms with van der Waals surface area (Å²) in [6, 6.07) is 34.9. The second-order valence-electron chi connectivity index (χ2n) is 23.3. The minimum Gasteiger partial charge on any atom is -0.468 e. The number of aryl methyl sites for hydroxylation is 1. The number of fused-ring (bicyclic) bond motifs is 8. The second kappa shape index (κ2) is 14.3. The first kappa shape index (κ1) is 42.5. The Hall–Kier alpha value is -5.48. The molecule has 4 heteroatoms. The van der Waals surface area contributed by atoms with Crippen LogP contribution in [0, 0.1) is 12.3 Å². The number of anilines is 5. The average Bonchev–Trinajstić information content (AvgIpc) is 3.62. The molecule has 0 unspecified atom stereocenters. The standard InChI is InChI=1S/C60H67BN2O/c1-15-41(25-24-38(3)56(4,5)6)63-51-31-37(2)30-50-53(51)61(55-54(63)43-33-44-47(36-52(43)64-55)60(13,14)29-26-57(44,7)8)48-34-45-46(59(11,12)28-27-58(45,9)10)35-49(48)62(50)42-23-19-22-40(32-42)39-20-17-16-18-21-39/h15-25,30-36H,1,26-29H2,2-14H3/b38-24+,41-25+. The molecule has 1 aromatic heterocycles. The highest BCUT2D eigenvalue weighted by Crippen LogP contribution is 2.53. The van der Waals surface area contributed by atoms with Gasteiger partial charge in [-0.2, -0.15) is 0 Å². The third-order valence-corrected chi connectivity index (χ3v) is 16.1. The van der Waals surface area contributed by atoms with Crippen LogP contribution < -0.4 is 26.4 Å². The van der Waals surface area contributed by atoms with Gasteiger partial charge in [0, 0.05) is 33.8 Å². The molecule has 0 spiro atoms. The van der Waals surface area contributed by atoms with E-state index in [0.717, 1.165) is 54.0 Å². The average molecular weight is 843 g/mol. The van der Waals surface area contributed by atoms with E-state index in [-0.39, 0.29) is 33.8 Å². The minimum atomic E-state index is -0.130. The van der Waals surface area contributed by atoms with Crippen LogP contribution in [-0.4, -0.2) is 6.71 Å². The molecule has 0 atom stereocenters. The largest absolute Gasteiger partial charge is 0.468 e. The van der Waals surface area contributed by atoms with E-state index >= 15 is 0 Å². The summed E-state index contributed by atoms with van der Waals surface area (Å²) in [6.45, 7) is 35.3. The van der Waals surface area contributed by atoms with Crippen molar-refractivity contribution in [2.24, 2.45) is 5.41 Å². The molecule has 2 aliphatic carbocycles. The summed E-state index contributed by atoms with van der Waals surface area (Å²) in [6.07, 6.45) is 11.2. The fourth-order valence-corrected chi connectivity index (χ4v) is 11.4. The monoisotopic (exact) mass is 843 g/mol. The molecule has 4 aliphatic rings. The Morgan fingerprint density at radius 2 is 1.23 bits per heavy atom. The lowest BCUT2D eigenvalue weighted by molar-refractivity contribution is 0.332. The molecule has 10 rings (SSSR count). The Morgan fingerprint density at radius 1 is 0.656 bits per heavy atom. The molecular weight excluding hydrogens is 775 g/mol. The number of furan rings is 1. The van der Waals surface area contributed by atoms with Gasteiger partial charge in [0.1, 0.15) is 5.58 Å².